The van der Waals surface area contributed by atoms with Gasteiger partial charge >= 0.3 is 0 Å². The van der Waals surface area contributed by atoms with Crippen LogP contribution in [0.1, 0.15) is 27.6 Å². The largest absolute Gasteiger partial charge is 0.302 e. The van der Waals surface area contributed by atoms with E-state index in [2.05, 4.69) is 0 Å². The number of carbonyl (C=O) groups excluding carboxylic acids is 3. The van der Waals surface area contributed by atoms with Crippen LogP contribution < -0.4 is 4.90 Å². The Labute approximate surface area is 103 Å². The molecule has 1 heterocycles. The molecule has 0 saturated heterocycles. The molecule has 0 fully saturated rings. The smallest absolute Gasteiger partial charge is 0.242 e. The van der Waals surface area contributed by atoms with Crippen LogP contribution in [-0.2, 0) is 4.79 Å². The number of alkyl halides is 1. The monoisotopic (exact) mass is 251 g/mol. The third-order valence-electron chi connectivity index (χ3n) is 2.70. The van der Waals surface area contributed by atoms with Crippen molar-refractivity contribution in [2.24, 2.45) is 0 Å². The molecule has 4 nitrogen and oxygen atoms in total. The fourth-order valence-electron chi connectivity index (χ4n) is 1.94. The van der Waals surface area contributed by atoms with Crippen LogP contribution in [0.3, 0.4) is 0 Å². The highest BCUT2D eigenvalue weighted by molar-refractivity contribution is 6.31. The number of para-hydroxylation sites is 1. The Kier molecular flexibility index (Phi) is 2.98. The van der Waals surface area contributed by atoms with Crippen LogP contribution >= 0.6 is 11.6 Å². The van der Waals surface area contributed by atoms with E-state index in [9.17, 15) is 14.4 Å². The molecule has 0 N–H and O–H groups in total. The maximum atomic E-state index is 11.7. The SMILES string of the molecule is CC(=O)c1cccc2c1N(C(=O)CCl)CC2=O. The van der Waals surface area contributed by atoms with Gasteiger partial charge in [-0.3, -0.25) is 14.4 Å². The quantitative estimate of drug-likeness (QED) is 0.593. The van der Waals surface area contributed by atoms with Crippen LogP contribution in [0, 0.1) is 0 Å². The second-order valence-electron chi connectivity index (χ2n) is 3.79. The molecular weight excluding hydrogens is 242 g/mol. The van der Waals surface area contributed by atoms with Crippen LogP contribution in [0.5, 0.6) is 0 Å². The molecule has 0 unspecified atom stereocenters. The molecule has 0 spiro atoms. The number of halogens is 1. The minimum atomic E-state index is -0.368. The Morgan fingerprint density at radius 3 is 2.71 bits per heavy atom. The Hall–Kier alpha value is -1.68. The van der Waals surface area contributed by atoms with Crippen LogP contribution in [-0.4, -0.2) is 29.9 Å². The first-order valence-electron chi connectivity index (χ1n) is 5.09. The Morgan fingerprint density at radius 1 is 1.41 bits per heavy atom. The highest BCUT2D eigenvalue weighted by Gasteiger charge is 2.33. The van der Waals surface area contributed by atoms with Crippen molar-refractivity contribution in [3.63, 3.8) is 0 Å². The number of benzene rings is 1. The standard InChI is InChI=1S/C12H10ClNO3/c1-7(15)8-3-2-4-9-10(16)6-14(12(8)9)11(17)5-13/h2-4H,5-6H2,1H3. The zero-order valence-corrected chi connectivity index (χ0v) is 9.95. The van der Waals surface area contributed by atoms with Gasteiger partial charge in [-0.2, -0.15) is 0 Å². The number of nitrogens with zero attached hydrogens (tertiary/aromatic N) is 1. The lowest BCUT2D eigenvalue weighted by Crippen LogP contribution is -2.32. The molecule has 0 aliphatic carbocycles. The number of ketones is 2. The van der Waals surface area contributed by atoms with E-state index in [4.69, 9.17) is 11.6 Å². The molecular formula is C12H10ClNO3. The molecule has 17 heavy (non-hydrogen) atoms. The molecule has 0 atom stereocenters. The van der Waals surface area contributed by atoms with Gasteiger partial charge in [0, 0.05) is 11.1 Å². The molecule has 5 heteroatoms. The van der Waals surface area contributed by atoms with Crippen molar-refractivity contribution in [2.75, 3.05) is 17.3 Å². The maximum absolute atomic E-state index is 11.7. The van der Waals surface area contributed by atoms with Crippen molar-refractivity contribution in [3.8, 4) is 0 Å². The van der Waals surface area contributed by atoms with Crippen molar-refractivity contribution in [2.45, 2.75) is 6.92 Å². The number of hydrogen-bond donors (Lipinski definition) is 0. The van der Waals surface area contributed by atoms with Crippen molar-refractivity contribution < 1.29 is 14.4 Å². The predicted molar refractivity (Wildman–Crippen MR) is 63.9 cm³/mol. The second-order valence-corrected chi connectivity index (χ2v) is 4.06. The summed E-state index contributed by atoms with van der Waals surface area (Å²) >= 11 is 5.49. The van der Waals surface area contributed by atoms with Gasteiger partial charge in [-0.25, -0.2) is 0 Å². The average Bonchev–Trinajstić information content (AvgIpc) is 2.66. The molecule has 0 aromatic heterocycles. The van der Waals surface area contributed by atoms with Gasteiger partial charge in [-0.05, 0) is 19.1 Å². The summed E-state index contributed by atoms with van der Waals surface area (Å²) in [6.45, 7) is 1.37. The lowest BCUT2D eigenvalue weighted by atomic mass is 10.0. The number of amides is 1. The van der Waals surface area contributed by atoms with Gasteiger partial charge in [-0.1, -0.05) is 6.07 Å². The number of carbonyl (C=O) groups is 3. The molecule has 1 amide bonds. The van der Waals surface area contributed by atoms with E-state index in [-0.39, 0.29) is 29.9 Å². The molecule has 2 rings (SSSR count). The maximum Gasteiger partial charge on any atom is 0.242 e. The van der Waals surface area contributed by atoms with Gasteiger partial charge in [0.1, 0.15) is 5.88 Å². The number of anilines is 1. The summed E-state index contributed by atoms with van der Waals surface area (Å²) in [5, 5.41) is 0. The third-order valence-corrected chi connectivity index (χ3v) is 2.93. The Morgan fingerprint density at radius 2 is 2.12 bits per heavy atom. The van der Waals surface area contributed by atoms with E-state index in [0.29, 0.717) is 16.8 Å². The van der Waals surface area contributed by atoms with Crippen molar-refractivity contribution in [1.29, 1.82) is 0 Å². The van der Waals surface area contributed by atoms with Gasteiger partial charge in [0.25, 0.3) is 0 Å². The number of hydrogen-bond acceptors (Lipinski definition) is 3. The highest BCUT2D eigenvalue weighted by atomic mass is 35.5. The zero-order valence-electron chi connectivity index (χ0n) is 9.20. The minimum absolute atomic E-state index is 0.0365. The summed E-state index contributed by atoms with van der Waals surface area (Å²) in [7, 11) is 0. The topological polar surface area (TPSA) is 54.5 Å². The summed E-state index contributed by atoms with van der Waals surface area (Å²) < 4.78 is 0. The van der Waals surface area contributed by atoms with Gasteiger partial charge in [-0.15, -0.1) is 11.6 Å². The van der Waals surface area contributed by atoms with Gasteiger partial charge in [0.05, 0.1) is 12.2 Å². The van der Waals surface area contributed by atoms with Crippen LogP contribution in [0.15, 0.2) is 18.2 Å². The predicted octanol–water partition coefficient (Wildman–Crippen LogP) is 1.66. The molecule has 1 aromatic rings. The van der Waals surface area contributed by atoms with Crippen LogP contribution in [0.4, 0.5) is 5.69 Å². The third kappa shape index (κ3) is 1.85. The Bertz CT molecular complexity index is 524. The summed E-state index contributed by atoms with van der Waals surface area (Å²) in [5.41, 5.74) is 1.19. The lowest BCUT2D eigenvalue weighted by Gasteiger charge is -2.17. The zero-order chi connectivity index (χ0) is 12.6. The first-order chi connectivity index (χ1) is 8.06. The van der Waals surface area contributed by atoms with Gasteiger partial charge in [0.15, 0.2) is 11.6 Å². The van der Waals surface area contributed by atoms with Crippen molar-refractivity contribution >= 4 is 34.8 Å². The first kappa shape index (κ1) is 11.8. The summed E-state index contributed by atoms with van der Waals surface area (Å²) in [6, 6.07) is 4.86. The molecule has 0 bridgehead atoms. The van der Waals surface area contributed by atoms with Crippen molar-refractivity contribution in [1.82, 2.24) is 0 Å². The normalized spacial score (nSPS) is 13.8. The summed E-state index contributed by atoms with van der Waals surface area (Å²) in [5.74, 6) is -0.920. The van der Waals surface area contributed by atoms with E-state index in [1.807, 2.05) is 0 Å². The molecule has 1 aliphatic heterocycles. The van der Waals surface area contributed by atoms with E-state index in [1.165, 1.54) is 11.8 Å². The van der Waals surface area contributed by atoms with Gasteiger partial charge in [0.2, 0.25) is 5.91 Å². The average molecular weight is 252 g/mol. The molecule has 0 saturated carbocycles. The highest BCUT2D eigenvalue weighted by Crippen LogP contribution is 2.32. The first-order valence-corrected chi connectivity index (χ1v) is 5.63. The second kappa shape index (κ2) is 4.30. The number of rotatable bonds is 2. The lowest BCUT2D eigenvalue weighted by molar-refractivity contribution is -0.116. The summed E-state index contributed by atoms with van der Waals surface area (Å²) in [6.07, 6.45) is 0. The van der Waals surface area contributed by atoms with E-state index in [0.717, 1.165) is 0 Å². The van der Waals surface area contributed by atoms with E-state index >= 15 is 0 Å². The van der Waals surface area contributed by atoms with Crippen molar-refractivity contribution in [3.05, 3.63) is 29.3 Å². The number of Topliss-reactive ketones (excluding diaryl/α,β-unsaturated/α-hetero) is 2. The molecule has 88 valence electrons. The Balaban J connectivity index is 2.61. The van der Waals surface area contributed by atoms with Gasteiger partial charge < -0.3 is 4.90 Å². The minimum Gasteiger partial charge on any atom is -0.302 e. The summed E-state index contributed by atoms with van der Waals surface area (Å²) in [4.78, 5) is 36.1. The van der Waals surface area contributed by atoms with E-state index < -0.39 is 0 Å². The van der Waals surface area contributed by atoms with E-state index in [1.54, 1.807) is 18.2 Å². The fraction of sp³-hybridized carbons (Fsp3) is 0.250. The molecule has 0 radical (unpaired) electrons. The number of fused-ring (bicyclic) bond motifs is 1. The molecule has 1 aliphatic rings. The van der Waals surface area contributed by atoms with Crippen LogP contribution in [0.2, 0.25) is 0 Å². The molecule has 1 aromatic carbocycles. The fourth-order valence-corrected chi connectivity index (χ4v) is 2.08. The van der Waals surface area contributed by atoms with Crippen LogP contribution in [0.25, 0.3) is 0 Å².